The largest absolute Gasteiger partial charge is 0.453 e. The van der Waals surface area contributed by atoms with Crippen LogP contribution in [0.15, 0.2) is 24.3 Å². The van der Waals surface area contributed by atoms with Crippen LogP contribution in [0.4, 0.5) is 14.0 Å². The van der Waals surface area contributed by atoms with Gasteiger partial charge in [-0.25, -0.2) is 14.0 Å². The van der Waals surface area contributed by atoms with E-state index in [9.17, 15) is 14.0 Å². The van der Waals surface area contributed by atoms with Gasteiger partial charge in [0.1, 0.15) is 5.82 Å². The molecule has 5 N–H and O–H groups in total. The molecule has 1 heterocycles. The van der Waals surface area contributed by atoms with E-state index in [0.29, 0.717) is 19.0 Å². The Morgan fingerprint density at radius 1 is 1.26 bits per heavy atom. The Bertz CT molecular complexity index is 725. The monoisotopic (exact) mass is 498 g/mol. The SMILES string of the molecule is COC(=O)NCCO.COCCCCCC(N)CNC(=O)N1CCC[C@@H](Cc2cccc(F)c2)C1. The van der Waals surface area contributed by atoms with Gasteiger partial charge in [-0.1, -0.05) is 25.0 Å². The van der Waals surface area contributed by atoms with Gasteiger partial charge >= 0.3 is 12.1 Å². The number of rotatable bonds is 12. The maximum Gasteiger partial charge on any atom is 0.406 e. The fourth-order valence-electron chi connectivity index (χ4n) is 3.91. The lowest BCUT2D eigenvalue weighted by Gasteiger charge is -2.33. The Morgan fingerprint density at radius 3 is 2.74 bits per heavy atom. The highest BCUT2D eigenvalue weighted by Gasteiger charge is 2.24. The fourth-order valence-corrected chi connectivity index (χ4v) is 3.91. The summed E-state index contributed by atoms with van der Waals surface area (Å²) in [6.07, 6.45) is 6.47. The summed E-state index contributed by atoms with van der Waals surface area (Å²) < 4.78 is 22.6. The van der Waals surface area contributed by atoms with Gasteiger partial charge in [0.15, 0.2) is 0 Å². The van der Waals surface area contributed by atoms with Gasteiger partial charge in [0, 0.05) is 45.9 Å². The van der Waals surface area contributed by atoms with Crippen LogP contribution >= 0.6 is 0 Å². The number of carbonyl (C=O) groups excluding carboxylic acids is 2. The van der Waals surface area contributed by atoms with Crippen molar-refractivity contribution >= 4 is 12.1 Å². The van der Waals surface area contributed by atoms with E-state index in [1.807, 2.05) is 11.0 Å². The number of hydrogen-bond acceptors (Lipinski definition) is 6. The van der Waals surface area contributed by atoms with Gasteiger partial charge in [-0.2, -0.15) is 0 Å². The predicted molar refractivity (Wildman–Crippen MR) is 134 cm³/mol. The van der Waals surface area contributed by atoms with Crippen molar-refractivity contribution in [1.29, 1.82) is 0 Å². The Morgan fingerprint density at radius 2 is 2.06 bits per heavy atom. The van der Waals surface area contributed by atoms with E-state index < -0.39 is 6.09 Å². The van der Waals surface area contributed by atoms with Crippen LogP contribution in [-0.4, -0.2) is 81.8 Å². The summed E-state index contributed by atoms with van der Waals surface area (Å²) in [5.41, 5.74) is 7.11. The maximum atomic E-state index is 13.4. The number of nitrogens with two attached hydrogens (primary N) is 1. The third kappa shape index (κ3) is 14.5. The summed E-state index contributed by atoms with van der Waals surface area (Å²) in [5.74, 6) is 0.176. The number of benzene rings is 1. The van der Waals surface area contributed by atoms with Crippen LogP contribution in [0.5, 0.6) is 0 Å². The minimum Gasteiger partial charge on any atom is -0.453 e. The number of halogens is 1. The van der Waals surface area contributed by atoms with Crippen molar-refractivity contribution in [1.82, 2.24) is 15.5 Å². The van der Waals surface area contributed by atoms with Crippen molar-refractivity contribution < 1.29 is 28.6 Å². The first-order valence-electron chi connectivity index (χ1n) is 12.3. The third-order valence-electron chi connectivity index (χ3n) is 5.72. The molecule has 1 saturated heterocycles. The lowest BCUT2D eigenvalue weighted by Crippen LogP contribution is -2.48. The summed E-state index contributed by atoms with van der Waals surface area (Å²) >= 11 is 0. The van der Waals surface area contributed by atoms with Gasteiger partial charge < -0.3 is 35.8 Å². The fraction of sp³-hybridized carbons (Fsp3) is 0.680. The Labute approximate surface area is 208 Å². The number of amides is 3. The smallest absolute Gasteiger partial charge is 0.406 e. The molecule has 0 saturated carbocycles. The highest BCUT2D eigenvalue weighted by Crippen LogP contribution is 2.21. The van der Waals surface area contributed by atoms with E-state index >= 15 is 0 Å². The number of aliphatic hydroxyl groups excluding tert-OH is 1. The summed E-state index contributed by atoms with van der Waals surface area (Å²) in [4.78, 5) is 24.5. The average Bonchev–Trinajstić information content (AvgIpc) is 2.86. The second-order valence-corrected chi connectivity index (χ2v) is 8.72. The lowest BCUT2D eigenvalue weighted by molar-refractivity contribution is 0.164. The highest BCUT2D eigenvalue weighted by molar-refractivity contribution is 5.74. The van der Waals surface area contributed by atoms with Crippen LogP contribution in [0, 0.1) is 11.7 Å². The molecular weight excluding hydrogens is 455 g/mol. The van der Waals surface area contributed by atoms with Gasteiger partial charge in [-0.05, 0) is 55.7 Å². The number of alkyl carbamates (subject to hydrolysis) is 1. The topological polar surface area (TPSA) is 126 Å². The van der Waals surface area contributed by atoms with Crippen LogP contribution < -0.4 is 16.4 Å². The Hall–Kier alpha value is -2.43. The zero-order valence-corrected chi connectivity index (χ0v) is 21.1. The number of urea groups is 1. The molecule has 0 aliphatic carbocycles. The first-order valence-corrected chi connectivity index (χ1v) is 12.3. The standard InChI is InChI=1S/C21H34FN3O2.C4H9NO3/c1-27-12-4-2-3-10-20(23)15-24-21(26)25-11-6-8-18(16-25)13-17-7-5-9-19(22)14-17;1-8-4(7)5-2-3-6/h5,7,9,14,18,20H,2-4,6,8,10-13,15-16,23H2,1H3,(H,24,26);6H,2-3H2,1H3,(H,5,7)/t18-,20?;/m0./s1. The second kappa shape index (κ2) is 18.8. The molecular formula is C25H43FN4O5. The molecule has 200 valence electrons. The Balaban J connectivity index is 0.000000658. The van der Waals surface area contributed by atoms with Crippen molar-refractivity contribution in [2.24, 2.45) is 11.7 Å². The minimum absolute atomic E-state index is 0.00984. The zero-order chi connectivity index (χ0) is 25.9. The molecule has 1 aromatic rings. The summed E-state index contributed by atoms with van der Waals surface area (Å²) in [5, 5.41) is 13.4. The lowest BCUT2D eigenvalue weighted by atomic mass is 9.91. The number of nitrogens with one attached hydrogen (secondary N) is 2. The van der Waals surface area contributed by atoms with Crippen molar-refractivity contribution in [2.75, 3.05) is 53.6 Å². The molecule has 0 bridgehead atoms. The molecule has 1 aliphatic rings. The Kier molecular flexibility index (Phi) is 16.5. The quantitative estimate of drug-likeness (QED) is 0.328. The second-order valence-electron chi connectivity index (χ2n) is 8.72. The molecule has 3 amide bonds. The number of methoxy groups -OCH3 is 2. The molecule has 0 spiro atoms. The van der Waals surface area contributed by atoms with E-state index in [4.69, 9.17) is 15.6 Å². The van der Waals surface area contributed by atoms with E-state index in [-0.39, 0.29) is 31.0 Å². The number of ether oxygens (including phenoxy) is 2. The molecule has 1 fully saturated rings. The third-order valence-corrected chi connectivity index (χ3v) is 5.72. The number of carbonyl (C=O) groups is 2. The summed E-state index contributed by atoms with van der Waals surface area (Å²) in [6, 6.07) is 6.70. The molecule has 10 heteroatoms. The first-order chi connectivity index (χ1) is 16.9. The number of hydrogen-bond donors (Lipinski definition) is 4. The van der Waals surface area contributed by atoms with Crippen molar-refractivity contribution in [3.8, 4) is 0 Å². The zero-order valence-electron chi connectivity index (χ0n) is 21.1. The normalized spacial score (nSPS) is 16.0. The van der Waals surface area contributed by atoms with E-state index in [1.165, 1.54) is 13.2 Å². The molecule has 35 heavy (non-hydrogen) atoms. The summed E-state index contributed by atoms with van der Waals surface area (Å²) in [6.45, 7) is 2.97. The van der Waals surface area contributed by atoms with Gasteiger partial charge in [0.25, 0.3) is 0 Å². The highest BCUT2D eigenvalue weighted by atomic mass is 19.1. The predicted octanol–water partition coefficient (Wildman–Crippen LogP) is 2.66. The van der Waals surface area contributed by atoms with E-state index in [2.05, 4.69) is 15.4 Å². The number of likely N-dealkylation sites (tertiary alicyclic amines) is 1. The van der Waals surface area contributed by atoms with E-state index in [0.717, 1.165) is 63.7 Å². The maximum absolute atomic E-state index is 13.4. The van der Waals surface area contributed by atoms with Crippen LogP contribution in [0.2, 0.25) is 0 Å². The molecule has 1 unspecified atom stereocenters. The van der Waals surface area contributed by atoms with E-state index in [1.54, 1.807) is 19.2 Å². The average molecular weight is 499 g/mol. The molecule has 1 aromatic carbocycles. The molecule has 2 rings (SSSR count). The van der Waals surface area contributed by atoms with Crippen LogP contribution in [0.25, 0.3) is 0 Å². The van der Waals surface area contributed by atoms with Gasteiger partial charge in [0.05, 0.1) is 13.7 Å². The minimum atomic E-state index is -0.515. The van der Waals surface area contributed by atoms with Gasteiger partial charge in [-0.3, -0.25) is 0 Å². The molecule has 2 atom stereocenters. The van der Waals surface area contributed by atoms with Crippen LogP contribution in [0.1, 0.15) is 44.1 Å². The number of unbranched alkanes of at least 4 members (excludes halogenated alkanes) is 2. The molecule has 0 aromatic heterocycles. The van der Waals surface area contributed by atoms with Gasteiger partial charge in [-0.15, -0.1) is 0 Å². The van der Waals surface area contributed by atoms with Crippen molar-refractivity contribution in [3.05, 3.63) is 35.6 Å². The first kappa shape index (κ1) is 30.6. The molecule has 9 nitrogen and oxygen atoms in total. The van der Waals surface area contributed by atoms with Crippen LogP contribution in [-0.2, 0) is 15.9 Å². The van der Waals surface area contributed by atoms with Gasteiger partial charge in [0.2, 0.25) is 0 Å². The van der Waals surface area contributed by atoms with Crippen molar-refractivity contribution in [3.63, 3.8) is 0 Å². The summed E-state index contributed by atoms with van der Waals surface area (Å²) in [7, 11) is 2.98. The van der Waals surface area contributed by atoms with Crippen molar-refractivity contribution in [2.45, 2.75) is 51.0 Å². The number of piperidine rings is 1. The number of nitrogens with zero attached hydrogens (tertiary/aromatic N) is 1. The molecule has 1 aliphatic heterocycles. The number of aliphatic hydroxyl groups is 1. The van der Waals surface area contributed by atoms with Crippen LogP contribution in [0.3, 0.4) is 0 Å². The molecule has 0 radical (unpaired) electrons.